The van der Waals surface area contributed by atoms with Crippen LogP contribution in [0.5, 0.6) is 0 Å². The van der Waals surface area contributed by atoms with Crippen molar-refractivity contribution >= 4 is 11.4 Å². The molecular formula is C32H31N. The molecule has 0 saturated heterocycles. The Morgan fingerprint density at radius 2 is 1.00 bits per heavy atom. The Kier molecular flexibility index (Phi) is 4.21. The molecule has 0 spiro atoms. The van der Waals surface area contributed by atoms with Gasteiger partial charge in [0.1, 0.15) is 0 Å². The molecule has 0 heterocycles. The van der Waals surface area contributed by atoms with E-state index >= 15 is 0 Å². The summed E-state index contributed by atoms with van der Waals surface area (Å²) in [6.07, 6.45) is 0. The predicted molar refractivity (Wildman–Crippen MR) is 141 cm³/mol. The van der Waals surface area contributed by atoms with E-state index in [-0.39, 0.29) is 10.8 Å². The van der Waals surface area contributed by atoms with Crippen molar-refractivity contribution in [3.05, 3.63) is 107 Å². The summed E-state index contributed by atoms with van der Waals surface area (Å²) >= 11 is 0. The molecule has 6 rings (SSSR count). The number of fused-ring (bicyclic) bond motifs is 6. The molecule has 0 fully saturated rings. The molecule has 4 aromatic rings. The van der Waals surface area contributed by atoms with E-state index in [9.17, 15) is 0 Å². The SMILES string of the molecule is CCN(c1ccc2c(c1)-c1ccccc1C2(C)C)c1ccc2c(c1)C(C)(C)c1ccccc1-2. The largest absolute Gasteiger partial charge is 0.342 e. The quantitative estimate of drug-likeness (QED) is 0.316. The zero-order valence-corrected chi connectivity index (χ0v) is 20.2. The lowest BCUT2D eigenvalue weighted by Gasteiger charge is -2.28. The maximum Gasteiger partial charge on any atom is 0.0417 e. The van der Waals surface area contributed by atoms with Crippen molar-refractivity contribution in [1.29, 1.82) is 0 Å². The summed E-state index contributed by atoms with van der Waals surface area (Å²) in [5.74, 6) is 0. The fourth-order valence-electron chi connectivity index (χ4n) is 6.25. The third kappa shape index (κ3) is 2.72. The number of nitrogens with zero attached hydrogens (tertiary/aromatic N) is 1. The van der Waals surface area contributed by atoms with Crippen LogP contribution in [0.2, 0.25) is 0 Å². The number of hydrogen-bond donors (Lipinski definition) is 0. The number of benzene rings is 4. The van der Waals surface area contributed by atoms with Gasteiger partial charge in [-0.3, -0.25) is 0 Å². The maximum absolute atomic E-state index is 2.45. The summed E-state index contributed by atoms with van der Waals surface area (Å²) in [7, 11) is 0. The van der Waals surface area contributed by atoms with Crippen LogP contribution in [0.1, 0.15) is 56.9 Å². The second-order valence-corrected chi connectivity index (χ2v) is 10.5. The highest BCUT2D eigenvalue weighted by Gasteiger charge is 2.37. The lowest BCUT2D eigenvalue weighted by Crippen LogP contribution is -2.19. The van der Waals surface area contributed by atoms with Crippen LogP contribution in [0.3, 0.4) is 0 Å². The molecule has 33 heavy (non-hydrogen) atoms. The van der Waals surface area contributed by atoms with Crippen molar-refractivity contribution in [3.63, 3.8) is 0 Å². The number of rotatable bonds is 3. The van der Waals surface area contributed by atoms with E-state index in [1.54, 1.807) is 0 Å². The van der Waals surface area contributed by atoms with Gasteiger partial charge in [-0.1, -0.05) is 88.4 Å². The van der Waals surface area contributed by atoms with E-state index in [1.807, 2.05) is 0 Å². The van der Waals surface area contributed by atoms with Gasteiger partial charge in [-0.25, -0.2) is 0 Å². The molecule has 0 aromatic heterocycles. The molecule has 0 radical (unpaired) electrons. The van der Waals surface area contributed by atoms with E-state index < -0.39 is 0 Å². The Hall–Kier alpha value is -3.32. The van der Waals surface area contributed by atoms with Crippen LogP contribution in [-0.4, -0.2) is 6.54 Å². The average Bonchev–Trinajstić information content (AvgIpc) is 3.20. The highest BCUT2D eigenvalue weighted by Crippen LogP contribution is 2.51. The Labute approximate surface area is 197 Å². The van der Waals surface area contributed by atoms with Gasteiger partial charge in [-0.05, 0) is 75.7 Å². The molecule has 0 atom stereocenters. The van der Waals surface area contributed by atoms with E-state index in [0.717, 1.165) is 6.54 Å². The molecule has 0 aliphatic heterocycles. The third-order valence-electron chi connectivity index (χ3n) is 8.07. The molecular weight excluding hydrogens is 398 g/mol. The Bertz CT molecular complexity index is 1410. The second-order valence-electron chi connectivity index (χ2n) is 10.5. The van der Waals surface area contributed by atoms with Gasteiger partial charge in [0.05, 0.1) is 0 Å². The Morgan fingerprint density at radius 1 is 0.515 bits per heavy atom. The van der Waals surface area contributed by atoms with Gasteiger partial charge in [0.25, 0.3) is 0 Å². The van der Waals surface area contributed by atoms with Crippen molar-refractivity contribution in [2.45, 2.75) is 45.4 Å². The molecule has 2 aliphatic rings. The van der Waals surface area contributed by atoms with Crippen LogP contribution in [-0.2, 0) is 10.8 Å². The normalized spacial score (nSPS) is 16.0. The molecule has 0 N–H and O–H groups in total. The second kappa shape index (κ2) is 6.84. The summed E-state index contributed by atoms with van der Waals surface area (Å²) in [5.41, 5.74) is 13.8. The molecule has 1 heteroatoms. The third-order valence-corrected chi connectivity index (χ3v) is 8.07. The minimum Gasteiger partial charge on any atom is -0.342 e. The van der Waals surface area contributed by atoms with Crippen molar-refractivity contribution in [1.82, 2.24) is 0 Å². The van der Waals surface area contributed by atoms with E-state index in [2.05, 4.69) is 124 Å². The standard InChI is InChI=1S/C32H31N/c1-6-33(21-16-18-29-26(19-21)24-12-8-10-14-28(24)31(29,2)3)22-15-17-25-23-11-7-9-13-27(23)32(4,5)30(25)20-22/h7-20H,6H2,1-5H3. The lowest BCUT2D eigenvalue weighted by atomic mass is 9.82. The Morgan fingerprint density at radius 3 is 1.67 bits per heavy atom. The molecule has 2 aliphatic carbocycles. The van der Waals surface area contributed by atoms with Crippen LogP contribution in [0.25, 0.3) is 22.3 Å². The molecule has 0 unspecified atom stereocenters. The van der Waals surface area contributed by atoms with E-state index in [0.29, 0.717) is 0 Å². The first-order valence-electron chi connectivity index (χ1n) is 12.1. The highest BCUT2D eigenvalue weighted by molar-refractivity contribution is 5.86. The molecule has 164 valence electrons. The summed E-state index contributed by atoms with van der Waals surface area (Å²) in [6.45, 7) is 12.6. The summed E-state index contributed by atoms with van der Waals surface area (Å²) < 4.78 is 0. The minimum atomic E-state index is 0.0161. The summed E-state index contributed by atoms with van der Waals surface area (Å²) in [5, 5.41) is 0. The number of hydrogen-bond acceptors (Lipinski definition) is 1. The smallest absolute Gasteiger partial charge is 0.0417 e. The zero-order valence-electron chi connectivity index (χ0n) is 20.2. The van der Waals surface area contributed by atoms with E-state index in [1.165, 1.54) is 55.9 Å². The van der Waals surface area contributed by atoms with Gasteiger partial charge in [-0.2, -0.15) is 0 Å². The molecule has 0 amide bonds. The zero-order chi connectivity index (χ0) is 23.0. The highest BCUT2D eigenvalue weighted by atomic mass is 15.1. The predicted octanol–water partition coefficient (Wildman–Crippen LogP) is 8.46. The minimum absolute atomic E-state index is 0.0161. The van der Waals surface area contributed by atoms with Crippen LogP contribution in [0, 0.1) is 0 Å². The van der Waals surface area contributed by atoms with Gasteiger partial charge in [0.2, 0.25) is 0 Å². The van der Waals surface area contributed by atoms with Gasteiger partial charge in [-0.15, -0.1) is 0 Å². The monoisotopic (exact) mass is 429 g/mol. The van der Waals surface area contributed by atoms with Crippen molar-refractivity contribution in [3.8, 4) is 22.3 Å². The lowest BCUT2D eigenvalue weighted by molar-refractivity contribution is 0.659. The molecule has 4 aromatic carbocycles. The first kappa shape index (κ1) is 20.3. The number of anilines is 2. The summed E-state index contributed by atoms with van der Waals surface area (Å²) in [6, 6.07) is 31.8. The average molecular weight is 430 g/mol. The van der Waals surface area contributed by atoms with Gasteiger partial charge >= 0.3 is 0 Å². The molecule has 1 nitrogen and oxygen atoms in total. The molecule has 0 saturated carbocycles. The van der Waals surface area contributed by atoms with Gasteiger partial charge < -0.3 is 4.90 Å². The first-order chi connectivity index (χ1) is 15.8. The van der Waals surface area contributed by atoms with Gasteiger partial charge in [0.15, 0.2) is 0 Å². The first-order valence-corrected chi connectivity index (χ1v) is 12.1. The van der Waals surface area contributed by atoms with Crippen LogP contribution >= 0.6 is 0 Å². The van der Waals surface area contributed by atoms with Crippen LogP contribution < -0.4 is 4.90 Å². The van der Waals surface area contributed by atoms with Crippen molar-refractivity contribution < 1.29 is 0 Å². The maximum atomic E-state index is 2.45. The van der Waals surface area contributed by atoms with E-state index in [4.69, 9.17) is 0 Å². The van der Waals surface area contributed by atoms with Crippen molar-refractivity contribution in [2.24, 2.45) is 0 Å². The van der Waals surface area contributed by atoms with Crippen LogP contribution in [0.15, 0.2) is 84.9 Å². The molecule has 0 bridgehead atoms. The fraction of sp³-hybridized carbons (Fsp3) is 0.250. The fourth-order valence-corrected chi connectivity index (χ4v) is 6.25. The summed E-state index contributed by atoms with van der Waals surface area (Å²) in [4.78, 5) is 2.45. The van der Waals surface area contributed by atoms with Crippen LogP contribution in [0.4, 0.5) is 11.4 Å². The van der Waals surface area contributed by atoms with Crippen molar-refractivity contribution in [2.75, 3.05) is 11.4 Å². The van der Waals surface area contributed by atoms with Gasteiger partial charge in [0, 0.05) is 28.7 Å². The Balaban J connectivity index is 1.46. The topological polar surface area (TPSA) is 3.24 Å².